The van der Waals surface area contributed by atoms with Crippen molar-refractivity contribution in [1.82, 2.24) is 14.9 Å². The largest absolute Gasteiger partial charge is 0.507 e. The zero-order chi connectivity index (χ0) is 22.7. The summed E-state index contributed by atoms with van der Waals surface area (Å²) in [6, 6.07) is 17.9. The highest BCUT2D eigenvalue weighted by Gasteiger charge is 2.17. The Kier molecular flexibility index (Phi) is 5.89. The number of fused-ring (bicyclic) bond motifs is 1. The fraction of sp³-hybridized carbons (Fsp3) is 0.160. The third kappa shape index (κ3) is 4.18. The summed E-state index contributed by atoms with van der Waals surface area (Å²) in [4.78, 5) is 29.6. The van der Waals surface area contributed by atoms with Crippen LogP contribution < -0.4 is 15.6 Å². The number of methoxy groups -OCH3 is 1. The minimum Gasteiger partial charge on any atom is -0.507 e. The van der Waals surface area contributed by atoms with Gasteiger partial charge in [0.25, 0.3) is 11.5 Å². The standard InChI is InChI=1S/C25H23N3O4/c1-28-21-9-8-18(24(30)27-15-17-10-11-26-22(13-17)32-2)14-19(21)23(29)20(25(28)31)12-16-6-4-3-5-7-16/h3-11,13-14,29H,12,15H2,1-2H3,(H,27,30). The van der Waals surface area contributed by atoms with Crippen molar-refractivity contribution in [2.75, 3.05) is 7.11 Å². The lowest BCUT2D eigenvalue weighted by Gasteiger charge is -2.13. The van der Waals surface area contributed by atoms with Crippen LogP contribution in [0, 0.1) is 0 Å². The maximum Gasteiger partial charge on any atom is 0.258 e. The van der Waals surface area contributed by atoms with Crippen LogP contribution in [0.2, 0.25) is 0 Å². The third-order valence-corrected chi connectivity index (χ3v) is 5.41. The summed E-state index contributed by atoms with van der Waals surface area (Å²) in [6.07, 6.45) is 1.92. The lowest BCUT2D eigenvalue weighted by molar-refractivity contribution is 0.0951. The van der Waals surface area contributed by atoms with Gasteiger partial charge in [-0.25, -0.2) is 4.98 Å². The van der Waals surface area contributed by atoms with Gasteiger partial charge >= 0.3 is 0 Å². The molecule has 7 heteroatoms. The molecule has 2 aromatic carbocycles. The van der Waals surface area contributed by atoms with E-state index in [1.807, 2.05) is 30.3 Å². The molecule has 2 N–H and O–H groups in total. The molecule has 0 spiro atoms. The molecule has 32 heavy (non-hydrogen) atoms. The number of hydrogen-bond acceptors (Lipinski definition) is 5. The molecule has 0 aliphatic carbocycles. The minimum absolute atomic E-state index is 0.0968. The monoisotopic (exact) mass is 429 g/mol. The normalized spacial score (nSPS) is 10.8. The highest BCUT2D eigenvalue weighted by molar-refractivity contribution is 5.99. The third-order valence-electron chi connectivity index (χ3n) is 5.41. The highest BCUT2D eigenvalue weighted by atomic mass is 16.5. The Bertz CT molecular complexity index is 1350. The Labute approximate surface area is 184 Å². The number of amides is 1. The quantitative estimate of drug-likeness (QED) is 0.491. The van der Waals surface area contributed by atoms with Gasteiger partial charge < -0.3 is 19.7 Å². The molecule has 162 valence electrons. The first-order valence-corrected chi connectivity index (χ1v) is 10.1. The number of benzene rings is 2. The summed E-state index contributed by atoms with van der Waals surface area (Å²) in [6.45, 7) is 0.300. The number of rotatable bonds is 6. The zero-order valence-electron chi connectivity index (χ0n) is 17.8. The second-order valence-corrected chi connectivity index (χ2v) is 7.47. The fourth-order valence-electron chi connectivity index (χ4n) is 3.65. The van der Waals surface area contributed by atoms with Crippen LogP contribution >= 0.6 is 0 Å². The van der Waals surface area contributed by atoms with E-state index in [2.05, 4.69) is 10.3 Å². The molecule has 2 aromatic heterocycles. The van der Waals surface area contributed by atoms with Crippen LogP contribution in [0.5, 0.6) is 11.6 Å². The van der Waals surface area contributed by atoms with E-state index < -0.39 is 0 Å². The van der Waals surface area contributed by atoms with Crippen LogP contribution in [0.15, 0.2) is 71.7 Å². The Hall–Kier alpha value is -4.13. The zero-order valence-corrected chi connectivity index (χ0v) is 17.8. The predicted octanol–water partition coefficient (Wildman–Crippen LogP) is 3.17. The van der Waals surface area contributed by atoms with E-state index in [1.165, 1.54) is 11.7 Å². The highest BCUT2D eigenvalue weighted by Crippen LogP contribution is 2.28. The van der Waals surface area contributed by atoms with Gasteiger partial charge in [-0.15, -0.1) is 0 Å². The number of ether oxygens (including phenoxy) is 1. The Morgan fingerprint density at radius 3 is 2.62 bits per heavy atom. The molecule has 2 heterocycles. The minimum atomic E-state index is -0.291. The summed E-state index contributed by atoms with van der Waals surface area (Å²) in [5, 5.41) is 14.2. The van der Waals surface area contributed by atoms with Gasteiger partial charge in [0.1, 0.15) is 5.75 Å². The molecule has 0 fully saturated rings. The molecule has 4 rings (SSSR count). The van der Waals surface area contributed by atoms with Gasteiger partial charge in [0.05, 0.1) is 18.2 Å². The molecule has 0 bridgehead atoms. The molecular formula is C25H23N3O4. The summed E-state index contributed by atoms with van der Waals surface area (Å²) in [5.74, 6) is 0.0836. The number of carbonyl (C=O) groups is 1. The molecule has 4 aromatic rings. The van der Waals surface area contributed by atoms with Gasteiger partial charge in [0.2, 0.25) is 5.88 Å². The molecule has 0 atom stereocenters. The van der Waals surface area contributed by atoms with Gasteiger partial charge in [-0.3, -0.25) is 9.59 Å². The second kappa shape index (κ2) is 8.93. The Morgan fingerprint density at radius 2 is 1.88 bits per heavy atom. The van der Waals surface area contributed by atoms with Gasteiger partial charge in [-0.05, 0) is 35.4 Å². The average Bonchev–Trinajstić information content (AvgIpc) is 2.84. The molecular weight excluding hydrogens is 406 g/mol. The summed E-state index contributed by atoms with van der Waals surface area (Å²) >= 11 is 0. The van der Waals surface area contributed by atoms with Gasteiger partial charge in [-0.2, -0.15) is 0 Å². The molecule has 0 aliphatic rings. The van der Waals surface area contributed by atoms with Crippen molar-refractivity contribution in [1.29, 1.82) is 0 Å². The van der Waals surface area contributed by atoms with E-state index in [9.17, 15) is 14.7 Å². The van der Waals surface area contributed by atoms with E-state index in [4.69, 9.17) is 4.74 Å². The van der Waals surface area contributed by atoms with Crippen molar-refractivity contribution in [2.45, 2.75) is 13.0 Å². The molecule has 7 nitrogen and oxygen atoms in total. The first-order valence-electron chi connectivity index (χ1n) is 10.1. The smallest absolute Gasteiger partial charge is 0.258 e. The average molecular weight is 429 g/mol. The number of nitrogens with zero attached hydrogens (tertiary/aromatic N) is 2. The number of pyridine rings is 2. The lowest BCUT2D eigenvalue weighted by Crippen LogP contribution is -2.24. The number of hydrogen-bond donors (Lipinski definition) is 2. The van der Waals surface area contributed by atoms with Crippen molar-refractivity contribution < 1.29 is 14.6 Å². The number of aromatic nitrogens is 2. The topological polar surface area (TPSA) is 93.5 Å². The van der Waals surface area contributed by atoms with Crippen molar-refractivity contribution in [3.63, 3.8) is 0 Å². The van der Waals surface area contributed by atoms with Crippen LogP contribution in [-0.4, -0.2) is 27.7 Å². The second-order valence-electron chi connectivity index (χ2n) is 7.47. The van der Waals surface area contributed by atoms with Crippen molar-refractivity contribution in [3.05, 3.63) is 99.5 Å². The lowest BCUT2D eigenvalue weighted by atomic mass is 10.0. The molecule has 0 saturated heterocycles. The van der Waals surface area contributed by atoms with Crippen molar-refractivity contribution in [2.24, 2.45) is 7.05 Å². The molecule has 0 aliphatic heterocycles. The van der Waals surface area contributed by atoms with Crippen LogP contribution in [0.3, 0.4) is 0 Å². The fourth-order valence-corrected chi connectivity index (χ4v) is 3.65. The van der Waals surface area contributed by atoms with Crippen LogP contribution in [0.4, 0.5) is 0 Å². The van der Waals surface area contributed by atoms with Gasteiger partial charge in [-0.1, -0.05) is 30.3 Å². The number of carbonyl (C=O) groups excluding carboxylic acids is 1. The Balaban J connectivity index is 1.65. The first-order chi connectivity index (χ1) is 15.5. The van der Waals surface area contributed by atoms with Gasteiger partial charge in [0.15, 0.2) is 0 Å². The Morgan fingerprint density at radius 1 is 1.09 bits per heavy atom. The maximum absolute atomic E-state index is 12.8. The summed E-state index contributed by atoms with van der Waals surface area (Å²) in [5.41, 5.74) is 2.75. The van der Waals surface area contributed by atoms with E-state index in [0.29, 0.717) is 40.9 Å². The number of aromatic hydroxyl groups is 1. The van der Waals surface area contributed by atoms with Crippen molar-refractivity contribution in [3.8, 4) is 11.6 Å². The van der Waals surface area contributed by atoms with Crippen LogP contribution in [0.1, 0.15) is 27.0 Å². The number of nitrogens with one attached hydrogen (secondary N) is 1. The van der Waals surface area contributed by atoms with E-state index >= 15 is 0 Å². The van der Waals surface area contributed by atoms with Gasteiger partial charge in [0, 0.05) is 43.2 Å². The number of aryl methyl sites for hydroxylation is 1. The van der Waals surface area contributed by atoms with E-state index in [1.54, 1.807) is 43.6 Å². The van der Waals surface area contributed by atoms with Crippen LogP contribution in [-0.2, 0) is 20.0 Å². The summed E-state index contributed by atoms with van der Waals surface area (Å²) < 4.78 is 6.60. The summed E-state index contributed by atoms with van der Waals surface area (Å²) in [7, 11) is 3.20. The SMILES string of the molecule is COc1cc(CNC(=O)c2ccc3c(c2)c(O)c(Cc2ccccc2)c(=O)n3C)ccn1. The maximum atomic E-state index is 12.8. The molecule has 1 amide bonds. The molecule has 0 unspecified atom stereocenters. The molecule has 0 radical (unpaired) electrons. The first kappa shape index (κ1) is 21.1. The van der Waals surface area contributed by atoms with Crippen molar-refractivity contribution >= 4 is 16.8 Å². The predicted molar refractivity (Wildman–Crippen MR) is 122 cm³/mol. The molecule has 0 saturated carbocycles. The van der Waals surface area contributed by atoms with E-state index in [0.717, 1.165) is 11.1 Å². The van der Waals surface area contributed by atoms with Crippen LogP contribution in [0.25, 0.3) is 10.9 Å². The van der Waals surface area contributed by atoms with E-state index in [-0.39, 0.29) is 17.2 Å².